The molecule has 0 saturated carbocycles. The molecule has 3 N–H and O–H groups in total. The molecule has 1 unspecified atom stereocenters. The first-order valence-electron chi connectivity index (χ1n) is 5.94. The van der Waals surface area contributed by atoms with Crippen LogP contribution in [0.15, 0.2) is 42.5 Å². The molecule has 2 aromatic carbocycles. The normalized spacial score (nSPS) is 12.2. The summed E-state index contributed by atoms with van der Waals surface area (Å²) in [5.74, 6) is 0. The van der Waals surface area contributed by atoms with Gasteiger partial charge in [-0.2, -0.15) is 0 Å². The third kappa shape index (κ3) is 2.96. The van der Waals surface area contributed by atoms with Gasteiger partial charge >= 0.3 is 0 Å². The quantitative estimate of drug-likeness (QED) is 0.803. The molecule has 94 valence electrons. The van der Waals surface area contributed by atoms with Gasteiger partial charge in [0.05, 0.1) is 0 Å². The summed E-state index contributed by atoms with van der Waals surface area (Å²) >= 11 is 5.88. The van der Waals surface area contributed by atoms with Crippen molar-refractivity contribution in [2.75, 3.05) is 11.1 Å². The van der Waals surface area contributed by atoms with Crippen molar-refractivity contribution in [1.82, 2.24) is 0 Å². The van der Waals surface area contributed by atoms with E-state index in [1.165, 1.54) is 5.56 Å². The van der Waals surface area contributed by atoms with Crippen molar-refractivity contribution < 1.29 is 0 Å². The monoisotopic (exact) mass is 260 g/mol. The molecule has 1 atom stereocenters. The topological polar surface area (TPSA) is 38.0 Å². The fourth-order valence-corrected chi connectivity index (χ4v) is 1.94. The SMILES string of the molecule is Cc1ccc(NC(C)c2ccc(Cl)cc2)cc1N. The first kappa shape index (κ1) is 12.8. The zero-order valence-electron chi connectivity index (χ0n) is 10.6. The maximum atomic E-state index is 5.90. The van der Waals surface area contributed by atoms with Crippen LogP contribution in [0.25, 0.3) is 0 Å². The van der Waals surface area contributed by atoms with E-state index < -0.39 is 0 Å². The van der Waals surface area contributed by atoms with Gasteiger partial charge in [0.1, 0.15) is 0 Å². The van der Waals surface area contributed by atoms with Gasteiger partial charge < -0.3 is 11.1 Å². The van der Waals surface area contributed by atoms with E-state index in [9.17, 15) is 0 Å². The van der Waals surface area contributed by atoms with Crippen LogP contribution in [0.4, 0.5) is 11.4 Å². The van der Waals surface area contributed by atoms with Crippen LogP contribution in [0.2, 0.25) is 5.02 Å². The summed E-state index contributed by atoms with van der Waals surface area (Å²) in [6, 6.07) is 14.1. The second-order valence-corrected chi connectivity index (χ2v) is 4.93. The molecule has 2 rings (SSSR count). The summed E-state index contributed by atoms with van der Waals surface area (Å²) in [7, 11) is 0. The minimum absolute atomic E-state index is 0.212. The van der Waals surface area contributed by atoms with Crippen LogP contribution in [-0.2, 0) is 0 Å². The highest BCUT2D eigenvalue weighted by atomic mass is 35.5. The van der Waals surface area contributed by atoms with Crippen molar-refractivity contribution in [2.24, 2.45) is 0 Å². The Labute approximate surface area is 113 Å². The fourth-order valence-electron chi connectivity index (χ4n) is 1.82. The molecule has 0 amide bonds. The summed E-state index contributed by atoms with van der Waals surface area (Å²) in [5, 5.41) is 4.18. The van der Waals surface area contributed by atoms with Crippen molar-refractivity contribution in [3.05, 3.63) is 58.6 Å². The molecular formula is C15H17ClN2. The van der Waals surface area contributed by atoms with E-state index in [-0.39, 0.29) is 6.04 Å². The third-order valence-electron chi connectivity index (χ3n) is 3.03. The third-order valence-corrected chi connectivity index (χ3v) is 3.28. The number of rotatable bonds is 3. The van der Waals surface area contributed by atoms with Gasteiger partial charge in [-0.1, -0.05) is 29.8 Å². The first-order chi connectivity index (χ1) is 8.56. The van der Waals surface area contributed by atoms with Gasteiger partial charge in [-0.25, -0.2) is 0 Å². The molecule has 0 radical (unpaired) electrons. The lowest BCUT2D eigenvalue weighted by molar-refractivity contribution is 0.885. The minimum atomic E-state index is 0.212. The molecular weight excluding hydrogens is 244 g/mol. The van der Waals surface area contributed by atoms with Crippen LogP contribution in [0.1, 0.15) is 24.1 Å². The average Bonchev–Trinajstić information content (AvgIpc) is 2.34. The van der Waals surface area contributed by atoms with Crippen molar-refractivity contribution in [3.8, 4) is 0 Å². The van der Waals surface area contributed by atoms with E-state index >= 15 is 0 Å². The highest BCUT2D eigenvalue weighted by Crippen LogP contribution is 2.23. The number of hydrogen-bond donors (Lipinski definition) is 2. The average molecular weight is 261 g/mol. The van der Waals surface area contributed by atoms with Crippen molar-refractivity contribution >= 4 is 23.0 Å². The Morgan fingerprint density at radius 2 is 1.78 bits per heavy atom. The second-order valence-electron chi connectivity index (χ2n) is 4.49. The number of halogens is 1. The van der Waals surface area contributed by atoms with E-state index in [0.29, 0.717) is 0 Å². The van der Waals surface area contributed by atoms with E-state index in [0.717, 1.165) is 22.0 Å². The molecule has 0 heterocycles. The molecule has 0 aliphatic rings. The second kappa shape index (κ2) is 5.32. The Morgan fingerprint density at radius 3 is 2.39 bits per heavy atom. The largest absolute Gasteiger partial charge is 0.398 e. The van der Waals surface area contributed by atoms with E-state index in [1.807, 2.05) is 49.4 Å². The molecule has 0 aliphatic heterocycles. The van der Waals surface area contributed by atoms with E-state index in [2.05, 4.69) is 12.2 Å². The molecule has 0 saturated heterocycles. The predicted molar refractivity (Wildman–Crippen MR) is 79.1 cm³/mol. The lowest BCUT2D eigenvalue weighted by Gasteiger charge is -2.16. The zero-order valence-corrected chi connectivity index (χ0v) is 11.3. The summed E-state index contributed by atoms with van der Waals surface area (Å²) in [5.41, 5.74) is 10.0. The van der Waals surface area contributed by atoms with Crippen LogP contribution in [0.3, 0.4) is 0 Å². The molecule has 0 aromatic heterocycles. The molecule has 18 heavy (non-hydrogen) atoms. The van der Waals surface area contributed by atoms with Crippen molar-refractivity contribution in [3.63, 3.8) is 0 Å². The highest BCUT2D eigenvalue weighted by molar-refractivity contribution is 6.30. The number of benzene rings is 2. The predicted octanol–water partition coefficient (Wildman–Crippen LogP) is 4.40. The minimum Gasteiger partial charge on any atom is -0.398 e. The lowest BCUT2D eigenvalue weighted by Crippen LogP contribution is -2.06. The van der Waals surface area contributed by atoms with Crippen LogP contribution >= 0.6 is 11.6 Å². The Balaban J connectivity index is 2.13. The standard InChI is InChI=1S/C15H17ClN2/c1-10-3-8-14(9-15(10)17)18-11(2)12-4-6-13(16)7-5-12/h3-9,11,18H,17H2,1-2H3. The Hall–Kier alpha value is -1.67. The molecule has 0 spiro atoms. The number of nitrogens with one attached hydrogen (secondary N) is 1. The van der Waals surface area contributed by atoms with Crippen LogP contribution in [0, 0.1) is 6.92 Å². The molecule has 3 heteroatoms. The smallest absolute Gasteiger partial charge is 0.0485 e. The number of aryl methyl sites for hydroxylation is 1. The molecule has 2 nitrogen and oxygen atoms in total. The highest BCUT2D eigenvalue weighted by Gasteiger charge is 2.05. The van der Waals surface area contributed by atoms with Gasteiger partial charge in [0.2, 0.25) is 0 Å². The summed E-state index contributed by atoms with van der Waals surface area (Å²) in [6.07, 6.45) is 0. The number of anilines is 2. The molecule has 0 aliphatic carbocycles. The lowest BCUT2D eigenvalue weighted by atomic mass is 10.1. The van der Waals surface area contributed by atoms with Gasteiger partial charge in [0, 0.05) is 22.4 Å². The number of nitrogens with two attached hydrogens (primary N) is 1. The fraction of sp³-hybridized carbons (Fsp3) is 0.200. The Bertz CT molecular complexity index is 535. The van der Waals surface area contributed by atoms with E-state index in [4.69, 9.17) is 17.3 Å². The van der Waals surface area contributed by atoms with Gasteiger partial charge in [0.25, 0.3) is 0 Å². The van der Waals surface area contributed by atoms with Crippen molar-refractivity contribution in [1.29, 1.82) is 0 Å². The maximum Gasteiger partial charge on any atom is 0.0485 e. The molecule has 0 bridgehead atoms. The summed E-state index contributed by atoms with van der Waals surface area (Å²) in [4.78, 5) is 0. The zero-order chi connectivity index (χ0) is 13.1. The molecule has 2 aromatic rings. The van der Waals surface area contributed by atoms with Crippen LogP contribution in [0.5, 0.6) is 0 Å². The molecule has 0 fully saturated rings. The van der Waals surface area contributed by atoms with Crippen LogP contribution < -0.4 is 11.1 Å². The van der Waals surface area contributed by atoms with Crippen LogP contribution in [-0.4, -0.2) is 0 Å². The van der Waals surface area contributed by atoms with Gasteiger partial charge in [-0.3, -0.25) is 0 Å². The van der Waals surface area contributed by atoms with Gasteiger partial charge in [0.15, 0.2) is 0 Å². The number of hydrogen-bond acceptors (Lipinski definition) is 2. The maximum absolute atomic E-state index is 5.90. The summed E-state index contributed by atoms with van der Waals surface area (Å²) in [6.45, 7) is 4.11. The van der Waals surface area contributed by atoms with Gasteiger partial charge in [-0.15, -0.1) is 0 Å². The Morgan fingerprint density at radius 1 is 1.11 bits per heavy atom. The number of nitrogen functional groups attached to an aromatic ring is 1. The van der Waals surface area contributed by atoms with Gasteiger partial charge in [-0.05, 0) is 49.2 Å². The summed E-state index contributed by atoms with van der Waals surface area (Å²) < 4.78 is 0. The Kier molecular flexibility index (Phi) is 3.78. The first-order valence-corrected chi connectivity index (χ1v) is 6.32. The van der Waals surface area contributed by atoms with Crippen molar-refractivity contribution in [2.45, 2.75) is 19.9 Å². The van der Waals surface area contributed by atoms with E-state index in [1.54, 1.807) is 0 Å².